The molecule has 1 N–H and O–H groups in total. The van der Waals surface area contributed by atoms with E-state index in [0.717, 1.165) is 11.1 Å². The van der Waals surface area contributed by atoms with Crippen molar-refractivity contribution >= 4 is 27.5 Å². The molecule has 0 aliphatic carbocycles. The van der Waals surface area contributed by atoms with Crippen LogP contribution in [-0.2, 0) is 0 Å². The summed E-state index contributed by atoms with van der Waals surface area (Å²) in [5.41, 5.74) is 2.28. The van der Waals surface area contributed by atoms with Gasteiger partial charge in [0.25, 0.3) is 0 Å². The molecule has 0 bridgehead atoms. The van der Waals surface area contributed by atoms with E-state index in [0.29, 0.717) is 15.1 Å². The summed E-state index contributed by atoms with van der Waals surface area (Å²) in [6, 6.07) is 9.79. The van der Waals surface area contributed by atoms with Gasteiger partial charge < -0.3 is 5.11 Å². The van der Waals surface area contributed by atoms with Crippen LogP contribution in [-0.4, -0.2) is 5.11 Å². The van der Waals surface area contributed by atoms with E-state index in [1.54, 1.807) is 24.3 Å². The van der Waals surface area contributed by atoms with E-state index < -0.39 is 6.10 Å². The van der Waals surface area contributed by atoms with E-state index in [1.807, 2.05) is 13.0 Å². The molecule has 0 spiro atoms. The molecule has 94 valence electrons. The quantitative estimate of drug-likeness (QED) is 0.851. The Hall–Kier alpha value is -0.900. The molecule has 4 heteroatoms. The first-order chi connectivity index (χ1) is 8.49. The van der Waals surface area contributed by atoms with E-state index in [1.165, 1.54) is 6.07 Å². The lowest BCUT2D eigenvalue weighted by atomic mass is 9.97. The summed E-state index contributed by atoms with van der Waals surface area (Å²) in [7, 11) is 0. The van der Waals surface area contributed by atoms with Crippen LogP contribution < -0.4 is 0 Å². The smallest absolute Gasteiger partial charge is 0.137 e. The number of aryl methyl sites for hydroxylation is 1. The normalized spacial score (nSPS) is 12.5. The average molecular weight is 330 g/mol. The molecular weight excluding hydrogens is 319 g/mol. The lowest BCUT2D eigenvalue weighted by Gasteiger charge is -2.15. The summed E-state index contributed by atoms with van der Waals surface area (Å²) in [6.07, 6.45) is -0.819. The minimum atomic E-state index is -0.819. The molecule has 2 aromatic carbocycles. The fourth-order valence-electron chi connectivity index (χ4n) is 1.77. The van der Waals surface area contributed by atoms with E-state index in [2.05, 4.69) is 15.9 Å². The van der Waals surface area contributed by atoms with Gasteiger partial charge in [-0.05, 0) is 63.8 Å². The highest BCUT2D eigenvalue weighted by atomic mass is 79.9. The summed E-state index contributed by atoms with van der Waals surface area (Å²) in [6.45, 7) is 1.90. The summed E-state index contributed by atoms with van der Waals surface area (Å²) in [5, 5.41) is 10.9. The standard InChI is InChI=1S/C14H11BrClFO/c1-8-2-4-10(16)7-11(8)14(18)9-3-5-13(17)12(15)6-9/h2-7,14,18H,1H3. The van der Waals surface area contributed by atoms with Crippen molar-refractivity contribution in [3.8, 4) is 0 Å². The highest BCUT2D eigenvalue weighted by Crippen LogP contribution is 2.29. The molecule has 1 nitrogen and oxygen atoms in total. The molecule has 0 saturated heterocycles. The second kappa shape index (κ2) is 5.39. The van der Waals surface area contributed by atoms with Crippen LogP contribution >= 0.6 is 27.5 Å². The molecule has 0 radical (unpaired) electrons. The van der Waals surface area contributed by atoms with Crippen LogP contribution in [0.4, 0.5) is 4.39 Å². The second-order valence-corrected chi connectivity index (χ2v) is 5.37. The van der Waals surface area contributed by atoms with E-state index in [9.17, 15) is 9.50 Å². The van der Waals surface area contributed by atoms with Gasteiger partial charge in [-0.2, -0.15) is 0 Å². The summed E-state index contributed by atoms with van der Waals surface area (Å²) >= 11 is 9.03. The highest BCUT2D eigenvalue weighted by molar-refractivity contribution is 9.10. The first kappa shape index (κ1) is 13.5. The minimum Gasteiger partial charge on any atom is -0.384 e. The van der Waals surface area contributed by atoms with Gasteiger partial charge in [0.15, 0.2) is 0 Å². The molecule has 0 fully saturated rings. The van der Waals surface area contributed by atoms with Crippen LogP contribution in [0.25, 0.3) is 0 Å². The van der Waals surface area contributed by atoms with Crippen molar-refractivity contribution in [3.63, 3.8) is 0 Å². The SMILES string of the molecule is Cc1ccc(Cl)cc1C(O)c1ccc(F)c(Br)c1. The molecule has 2 rings (SSSR count). The van der Waals surface area contributed by atoms with Crippen LogP contribution in [0.5, 0.6) is 0 Å². The van der Waals surface area contributed by atoms with Crippen molar-refractivity contribution in [2.24, 2.45) is 0 Å². The maximum absolute atomic E-state index is 13.2. The molecule has 1 atom stereocenters. The van der Waals surface area contributed by atoms with Gasteiger partial charge in [0.1, 0.15) is 11.9 Å². The van der Waals surface area contributed by atoms with Crippen molar-refractivity contribution < 1.29 is 9.50 Å². The number of rotatable bonds is 2. The van der Waals surface area contributed by atoms with Crippen molar-refractivity contribution in [1.82, 2.24) is 0 Å². The van der Waals surface area contributed by atoms with Gasteiger partial charge in [0.05, 0.1) is 4.47 Å². The summed E-state index contributed by atoms with van der Waals surface area (Å²) in [4.78, 5) is 0. The predicted molar refractivity (Wildman–Crippen MR) is 74.4 cm³/mol. The van der Waals surface area contributed by atoms with Crippen molar-refractivity contribution in [2.75, 3.05) is 0 Å². The maximum atomic E-state index is 13.2. The van der Waals surface area contributed by atoms with E-state index in [4.69, 9.17) is 11.6 Å². The van der Waals surface area contributed by atoms with Gasteiger partial charge in [0, 0.05) is 5.02 Å². The van der Waals surface area contributed by atoms with E-state index in [-0.39, 0.29) is 5.82 Å². The van der Waals surface area contributed by atoms with Gasteiger partial charge in [-0.1, -0.05) is 23.7 Å². The minimum absolute atomic E-state index is 0.332. The molecule has 0 amide bonds. The topological polar surface area (TPSA) is 20.2 Å². The lowest BCUT2D eigenvalue weighted by molar-refractivity contribution is 0.219. The van der Waals surface area contributed by atoms with E-state index >= 15 is 0 Å². The van der Waals surface area contributed by atoms with Gasteiger partial charge in [-0.25, -0.2) is 4.39 Å². The maximum Gasteiger partial charge on any atom is 0.137 e. The number of halogens is 3. The van der Waals surface area contributed by atoms with Crippen LogP contribution in [0, 0.1) is 12.7 Å². The Kier molecular flexibility index (Phi) is 4.05. The third-order valence-corrected chi connectivity index (χ3v) is 3.64. The Labute approximate surface area is 118 Å². The molecule has 0 saturated carbocycles. The fourth-order valence-corrected chi connectivity index (χ4v) is 2.34. The van der Waals surface area contributed by atoms with Gasteiger partial charge >= 0.3 is 0 Å². The molecule has 0 aliphatic heterocycles. The Morgan fingerprint density at radius 3 is 2.61 bits per heavy atom. The number of aliphatic hydroxyl groups excluding tert-OH is 1. The Morgan fingerprint density at radius 1 is 1.22 bits per heavy atom. The zero-order valence-electron chi connectivity index (χ0n) is 9.62. The molecule has 0 aromatic heterocycles. The third-order valence-electron chi connectivity index (χ3n) is 2.80. The fraction of sp³-hybridized carbons (Fsp3) is 0.143. The Bertz CT molecular complexity index is 586. The number of hydrogen-bond donors (Lipinski definition) is 1. The first-order valence-corrected chi connectivity index (χ1v) is 6.55. The van der Waals surface area contributed by atoms with Crippen LogP contribution in [0.2, 0.25) is 5.02 Å². The second-order valence-electron chi connectivity index (χ2n) is 4.08. The monoisotopic (exact) mass is 328 g/mol. The predicted octanol–water partition coefficient (Wildman–Crippen LogP) is 4.63. The Morgan fingerprint density at radius 2 is 1.94 bits per heavy atom. The number of aliphatic hydroxyl groups is 1. The first-order valence-electron chi connectivity index (χ1n) is 5.38. The third kappa shape index (κ3) is 2.74. The average Bonchev–Trinajstić information content (AvgIpc) is 2.35. The number of benzene rings is 2. The zero-order chi connectivity index (χ0) is 13.3. The largest absolute Gasteiger partial charge is 0.384 e. The molecule has 18 heavy (non-hydrogen) atoms. The Balaban J connectivity index is 2.44. The van der Waals surface area contributed by atoms with Crippen molar-refractivity contribution in [3.05, 3.63) is 68.4 Å². The molecule has 0 aliphatic rings. The number of hydrogen-bond acceptors (Lipinski definition) is 1. The van der Waals surface area contributed by atoms with Crippen LogP contribution in [0.3, 0.4) is 0 Å². The highest BCUT2D eigenvalue weighted by Gasteiger charge is 2.14. The van der Waals surface area contributed by atoms with Crippen molar-refractivity contribution in [1.29, 1.82) is 0 Å². The lowest BCUT2D eigenvalue weighted by Crippen LogP contribution is -2.02. The zero-order valence-corrected chi connectivity index (χ0v) is 12.0. The van der Waals surface area contributed by atoms with Crippen molar-refractivity contribution in [2.45, 2.75) is 13.0 Å². The van der Waals surface area contributed by atoms with Gasteiger partial charge in [-0.15, -0.1) is 0 Å². The molecule has 1 unspecified atom stereocenters. The van der Waals surface area contributed by atoms with Gasteiger partial charge in [-0.3, -0.25) is 0 Å². The van der Waals surface area contributed by atoms with Crippen LogP contribution in [0.1, 0.15) is 22.8 Å². The summed E-state index contributed by atoms with van der Waals surface area (Å²) in [5.74, 6) is -0.353. The van der Waals surface area contributed by atoms with Gasteiger partial charge in [0.2, 0.25) is 0 Å². The molecule has 2 aromatic rings. The molecule has 0 heterocycles. The molecular formula is C14H11BrClFO. The summed E-state index contributed by atoms with van der Waals surface area (Å²) < 4.78 is 13.5. The van der Waals surface area contributed by atoms with Crippen LogP contribution in [0.15, 0.2) is 40.9 Å².